The van der Waals surface area contributed by atoms with Gasteiger partial charge in [0.1, 0.15) is 0 Å². The molecular weight excluding hydrogens is 280 g/mol. The highest BCUT2D eigenvalue weighted by molar-refractivity contribution is 5.85. The van der Waals surface area contributed by atoms with Crippen molar-refractivity contribution in [2.45, 2.75) is 32.2 Å². The second kappa shape index (κ2) is 9.96. The van der Waals surface area contributed by atoms with Gasteiger partial charge in [-0.25, -0.2) is 0 Å². The summed E-state index contributed by atoms with van der Waals surface area (Å²) in [5, 5.41) is 2.76. The monoisotopic (exact) mass is 306 g/mol. The molecule has 1 atom stereocenters. The molecule has 0 spiro atoms. The van der Waals surface area contributed by atoms with Crippen molar-refractivity contribution in [1.82, 2.24) is 15.1 Å². The summed E-state index contributed by atoms with van der Waals surface area (Å²) in [6.45, 7) is 4.80. The van der Waals surface area contributed by atoms with Crippen LogP contribution in [0.1, 0.15) is 26.2 Å². The number of rotatable bonds is 6. The smallest absolute Gasteiger partial charge is 0.239 e. The number of nitrogens with two attached hydrogens (primary N) is 1. The van der Waals surface area contributed by atoms with E-state index in [9.17, 15) is 9.59 Å². The highest BCUT2D eigenvalue weighted by atomic mass is 35.5. The Morgan fingerprint density at radius 1 is 1.45 bits per heavy atom. The third-order valence-electron chi connectivity index (χ3n) is 3.28. The van der Waals surface area contributed by atoms with Crippen LogP contribution < -0.4 is 11.1 Å². The van der Waals surface area contributed by atoms with E-state index >= 15 is 0 Å². The molecule has 0 aromatic heterocycles. The molecule has 6 nitrogen and oxygen atoms in total. The Kier molecular flexibility index (Phi) is 9.54. The van der Waals surface area contributed by atoms with Gasteiger partial charge in [-0.1, -0.05) is 6.92 Å². The zero-order valence-electron chi connectivity index (χ0n) is 12.4. The molecule has 1 fully saturated rings. The van der Waals surface area contributed by atoms with Crippen molar-refractivity contribution in [2.24, 2.45) is 5.73 Å². The summed E-state index contributed by atoms with van der Waals surface area (Å²) in [6, 6.07) is 0.166. The molecule has 1 unspecified atom stereocenters. The summed E-state index contributed by atoms with van der Waals surface area (Å²) in [7, 11) is 1.66. The summed E-state index contributed by atoms with van der Waals surface area (Å²) in [5.74, 6) is -0.131. The Morgan fingerprint density at radius 3 is 2.75 bits per heavy atom. The first-order chi connectivity index (χ1) is 9.02. The van der Waals surface area contributed by atoms with Crippen LogP contribution in [0.15, 0.2) is 0 Å². The Hall–Kier alpha value is -0.850. The first-order valence-corrected chi connectivity index (χ1v) is 7.01. The SMILES string of the molecule is CCCNC(=O)CN(C)C(=O)CN1CCCC(N)C1.Cl. The summed E-state index contributed by atoms with van der Waals surface area (Å²) in [6.07, 6.45) is 2.96. The van der Waals surface area contributed by atoms with Gasteiger partial charge in [0.05, 0.1) is 13.1 Å². The van der Waals surface area contributed by atoms with Gasteiger partial charge in [0.2, 0.25) is 11.8 Å². The lowest BCUT2D eigenvalue weighted by atomic mass is 10.1. The minimum atomic E-state index is -0.104. The van der Waals surface area contributed by atoms with Gasteiger partial charge in [0.25, 0.3) is 0 Å². The quantitative estimate of drug-likeness (QED) is 0.713. The van der Waals surface area contributed by atoms with Gasteiger partial charge in [-0.2, -0.15) is 0 Å². The minimum absolute atomic E-state index is 0. The van der Waals surface area contributed by atoms with Crippen LogP contribution in [-0.4, -0.2) is 67.4 Å². The van der Waals surface area contributed by atoms with Crippen molar-refractivity contribution in [3.63, 3.8) is 0 Å². The molecule has 1 rings (SSSR count). The molecule has 3 N–H and O–H groups in total. The van der Waals surface area contributed by atoms with Crippen molar-refractivity contribution in [3.05, 3.63) is 0 Å². The van der Waals surface area contributed by atoms with E-state index in [2.05, 4.69) is 10.2 Å². The summed E-state index contributed by atoms with van der Waals surface area (Å²) >= 11 is 0. The fourth-order valence-corrected chi connectivity index (χ4v) is 2.17. The van der Waals surface area contributed by atoms with Crippen molar-refractivity contribution < 1.29 is 9.59 Å². The highest BCUT2D eigenvalue weighted by Gasteiger charge is 2.21. The van der Waals surface area contributed by atoms with Crippen LogP contribution in [0.3, 0.4) is 0 Å². The van der Waals surface area contributed by atoms with Crippen LogP contribution in [0.5, 0.6) is 0 Å². The zero-order valence-corrected chi connectivity index (χ0v) is 13.2. The lowest BCUT2D eigenvalue weighted by Gasteiger charge is -2.31. The van der Waals surface area contributed by atoms with Crippen molar-refractivity contribution in [2.75, 3.05) is 39.8 Å². The van der Waals surface area contributed by atoms with Crippen molar-refractivity contribution in [3.8, 4) is 0 Å². The second-order valence-electron chi connectivity index (χ2n) is 5.24. The van der Waals surface area contributed by atoms with Crippen molar-refractivity contribution >= 4 is 24.2 Å². The number of nitrogens with zero attached hydrogens (tertiary/aromatic N) is 2. The summed E-state index contributed by atoms with van der Waals surface area (Å²) in [5.41, 5.74) is 5.88. The molecule has 1 aliphatic rings. The predicted molar refractivity (Wildman–Crippen MR) is 81.8 cm³/mol. The Balaban J connectivity index is 0.00000361. The fraction of sp³-hybridized carbons (Fsp3) is 0.846. The van der Waals surface area contributed by atoms with E-state index in [4.69, 9.17) is 5.73 Å². The lowest BCUT2D eigenvalue weighted by Crippen LogP contribution is -2.48. The molecule has 7 heteroatoms. The standard InChI is InChI=1S/C13H26N4O2.ClH/c1-3-6-15-12(18)9-16(2)13(19)10-17-7-4-5-11(14)8-17;/h11H,3-10,14H2,1-2H3,(H,15,18);1H. The maximum absolute atomic E-state index is 12.0. The van der Waals surface area contributed by atoms with Crippen LogP contribution in [0, 0.1) is 0 Å². The molecule has 1 heterocycles. The third kappa shape index (κ3) is 7.07. The van der Waals surface area contributed by atoms with E-state index in [1.165, 1.54) is 4.90 Å². The van der Waals surface area contributed by atoms with E-state index in [0.29, 0.717) is 13.1 Å². The van der Waals surface area contributed by atoms with Gasteiger partial charge >= 0.3 is 0 Å². The van der Waals surface area contributed by atoms with Crippen LogP contribution in [0.2, 0.25) is 0 Å². The van der Waals surface area contributed by atoms with E-state index in [0.717, 1.165) is 32.4 Å². The molecule has 20 heavy (non-hydrogen) atoms. The number of hydrogen-bond donors (Lipinski definition) is 2. The van der Waals surface area contributed by atoms with Crippen LogP contribution in [0.25, 0.3) is 0 Å². The fourth-order valence-electron chi connectivity index (χ4n) is 2.17. The predicted octanol–water partition coefficient (Wildman–Crippen LogP) is -0.184. The molecule has 1 saturated heterocycles. The average molecular weight is 307 g/mol. The third-order valence-corrected chi connectivity index (χ3v) is 3.28. The van der Waals surface area contributed by atoms with Crippen LogP contribution in [0.4, 0.5) is 0 Å². The molecule has 0 bridgehead atoms. The maximum Gasteiger partial charge on any atom is 0.239 e. The topological polar surface area (TPSA) is 78.7 Å². The molecule has 0 aromatic rings. The zero-order chi connectivity index (χ0) is 14.3. The van der Waals surface area contributed by atoms with Gasteiger partial charge in [0, 0.05) is 26.2 Å². The molecule has 0 aromatic carbocycles. The van der Waals surface area contributed by atoms with Gasteiger partial charge in [-0.05, 0) is 25.8 Å². The van der Waals surface area contributed by atoms with Gasteiger partial charge in [0.15, 0.2) is 0 Å². The first kappa shape index (κ1) is 19.1. The molecule has 2 amide bonds. The van der Waals surface area contributed by atoms with Crippen LogP contribution in [-0.2, 0) is 9.59 Å². The molecule has 0 radical (unpaired) electrons. The van der Waals surface area contributed by atoms with Gasteiger partial charge < -0.3 is 16.0 Å². The number of nitrogens with one attached hydrogen (secondary N) is 1. The van der Waals surface area contributed by atoms with Gasteiger partial charge in [-0.15, -0.1) is 12.4 Å². The largest absolute Gasteiger partial charge is 0.355 e. The number of likely N-dealkylation sites (tertiary alicyclic amines) is 1. The number of likely N-dealkylation sites (N-methyl/N-ethyl adjacent to an activating group) is 1. The number of halogens is 1. The normalized spacial score (nSPS) is 19.1. The Labute approximate surface area is 127 Å². The number of hydrogen-bond acceptors (Lipinski definition) is 4. The highest BCUT2D eigenvalue weighted by Crippen LogP contribution is 2.07. The lowest BCUT2D eigenvalue weighted by molar-refractivity contribution is -0.135. The Bertz CT molecular complexity index is 315. The molecule has 118 valence electrons. The molecule has 0 saturated carbocycles. The summed E-state index contributed by atoms with van der Waals surface area (Å²) in [4.78, 5) is 27.1. The first-order valence-electron chi connectivity index (χ1n) is 7.01. The average Bonchev–Trinajstić information content (AvgIpc) is 2.36. The number of piperidine rings is 1. The van der Waals surface area contributed by atoms with E-state index in [1.807, 2.05) is 6.92 Å². The minimum Gasteiger partial charge on any atom is -0.355 e. The van der Waals surface area contributed by atoms with E-state index in [1.54, 1.807) is 7.05 Å². The Morgan fingerprint density at radius 2 is 2.15 bits per heavy atom. The van der Waals surface area contributed by atoms with Crippen LogP contribution >= 0.6 is 12.4 Å². The van der Waals surface area contributed by atoms with E-state index in [-0.39, 0.29) is 36.8 Å². The maximum atomic E-state index is 12.0. The second-order valence-corrected chi connectivity index (χ2v) is 5.24. The summed E-state index contributed by atoms with van der Waals surface area (Å²) < 4.78 is 0. The van der Waals surface area contributed by atoms with E-state index < -0.39 is 0 Å². The number of carbonyl (C=O) groups is 2. The van der Waals surface area contributed by atoms with Crippen molar-refractivity contribution in [1.29, 1.82) is 0 Å². The molecular formula is C13H27ClN4O2. The molecule has 1 aliphatic heterocycles. The molecule has 0 aliphatic carbocycles. The number of amides is 2. The number of carbonyl (C=O) groups excluding carboxylic acids is 2. The van der Waals surface area contributed by atoms with Gasteiger partial charge in [-0.3, -0.25) is 14.5 Å².